The topological polar surface area (TPSA) is 51.4 Å². The van der Waals surface area contributed by atoms with E-state index in [1.165, 1.54) is 5.69 Å². The Morgan fingerprint density at radius 1 is 1.15 bits per heavy atom. The SMILES string of the molecule is COc1ncccc1CN(CCCN)c1ccccc1. The highest BCUT2D eigenvalue weighted by molar-refractivity contribution is 5.47. The van der Waals surface area contributed by atoms with Crippen molar-refractivity contribution in [3.05, 3.63) is 54.2 Å². The Hall–Kier alpha value is -2.07. The van der Waals surface area contributed by atoms with Gasteiger partial charge in [0.2, 0.25) is 5.88 Å². The molecule has 0 bridgehead atoms. The van der Waals surface area contributed by atoms with Gasteiger partial charge < -0.3 is 15.4 Å². The first-order valence-electron chi connectivity index (χ1n) is 6.83. The summed E-state index contributed by atoms with van der Waals surface area (Å²) in [7, 11) is 1.65. The van der Waals surface area contributed by atoms with Crippen molar-refractivity contribution >= 4 is 5.69 Å². The van der Waals surface area contributed by atoms with Crippen molar-refractivity contribution in [3.63, 3.8) is 0 Å². The predicted octanol–water partition coefficient (Wildman–Crippen LogP) is 2.45. The molecule has 0 fully saturated rings. The summed E-state index contributed by atoms with van der Waals surface area (Å²) in [5, 5.41) is 0. The molecular weight excluding hydrogens is 250 g/mol. The number of hydrogen-bond donors (Lipinski definition) is 1. The zero-order valence-corrected chi connectivity index (χ0v) is 11.8. The van der Waals surface area contributed by atoms with E-state index < -0.39 is 0 Å². The fourth-order valence-corrected chi connectivity index (χ4v) is 2.15. The van der Waals surface area contributed by atoms with Crippen molar-refractivity contribution in [2.45, 2.75) is 13.0 Å². The van der Waals surface area contributed by atoms with E-state index in [1.807, 2.05) is 30.3 Å². The lowest BCUT2D eigenvalue weighted by atomic mass is 10.2. The summed E-state index contributed by atoms with van der Waals surface area (Å²) in [6.45, 7) is 2.37. The molecule has 4 heteroatoms. The third-order valence-corrected chi connectivity index (χ3v) is 3.16. The van der Waals surface area contributed by atoms with Crippen LogP contribution in [0.3, 0.4) is 0 Å². The molecule has 0 atom stereocenters. The van der Waals surface area contributed by atoms with Gasteiger partial charge in [0, 0.05) is 30.5 Å². The number of para-hydroxylation sites is 1. The zero-order chi connectivity index (χ0) is 14.2. The lowest BCUT2D eigenvalue weighted by Gasteiger charge is -2.25. The van der Waals surface area contributed by atoms with E-state index in [0.29, 0.717) is 12.4 Å². The molecule has 2 rings (SSSR count). The molecule has 0 saturated carbocycles. The van der Waals surface area contributed by atoms with Crippen LogP contribution in [0.2, 0.25) is 0 Å². The first-order chi connectivity index (χ1) is 9.85. The van der Waals surface area contributed by atoms with Crippen molar-refractivity contribution in [3.8, 4) is 5.88 Å². The second kappa shape index (κ2) is 7.50. The molecule has 0 saturated heterocycles. The molecule has 0 unspecified atom stereocenters. The van der Waals surface area contributed by atoms with Gasteiger partial charge in [0.25, 0.3) is 0 Å². The normalized spacial score (nSPS) is 10.3. The van der Waals surface area contributed by atoms with Crippen molar-refractivity contribution in [1.29, 1.82) is 0 Å². The van der Waals surface area contributed by atoms with Crippen LogP contribution < -0.4 is 15.4 Å². The quantitative estimate of drug-likeness (QED) is 0.840. The van der Waals surface area contributed by atoms with Gasteiger partial charge in [-0.05, 0) is 31.2 Å². The van der Waals surface area contributed by atoms with Crippen molar-refractivity contribution in [2.75, 3.05) is 25.1 Å². The maximum Gasteiger partial charge on any atom is 0.218 e. The molecule has 2 aromatic rings. The van der Waals surface area contributed by atoms with Gasteiger partial charge in [-0.3, -0.25) is 0 Å². The lowest BCUT2D eigenvalue weighted by molar-refractivity contribution is 0.392. The average Bonchev–Trinajstić information content (AvgIpc) is 2.52. The minimum absolute atomic E-state index is 0.682. The van der Waals surface area contributed by atoms with Crippen LogP contribution in [-0.2, 0) is 6.54 Å². The molecule has 0 spiro atoms. The molecule has 0 aliphatic rings. The molecule has 106 valence electrons. The molecule has 4 nitrogen and oxygen atoms in total. The maximum absolute atomic E-state index is 5.64. The van der Waals surface area contributed by atoms with E-state index in [1.54, 1.807) is 13.3 Å². The van der Waals surface area contributed by atoms with Gasteiger partial charge in [0.05, 0.1) is 7.11 Å². The number of hydrogen-bond acceptors (Lipinski definition) is 4. The van der Waals surface area contributed by atoms with E-state index in [9.17, 15) is 0 Å². The van der Waals surface area contributed by atoms with Gasteiger partial charge in [-0.1, -0.05) is 24.3 Å². The minimum atomic E-state index is 0.682. The van der Waals surface area contributed by atoms with Crippen molar-refractivity contribution in [2.24, 2.45) is 5.73 Å². The molecule has 1 aromatic carbocycles. The van der Waals surface area contributed by atoms with E-state index in [0.717, 1.165) is 25.1 Å². The Balaban J connectivity index is 2.19. The van der Waals surface area contributed by atoms with E-state index >= 15 is 0 Å². The zero-order valence-electron chi connectivity index (χ0n) is 11.8. The third kappa shape index (κ3) is 3.71. The first-order valence-corrected chi connectivity index (χ1v) is 6.83. The smallest absolute Gasteiger partial charge is 0.218 e. The molecule has 0 radical (unpaired) electrons. The minimum Gasteiger partial charge on any atom is -0.481 e. The highest BCUT2D eigenvalue weighted by Gasteiger charge is 2.10. The number of nitrogens with zero attached hydrogens (tertiary/aromatic N) is 2. The summed E-state index contributed by atoms with van der Waals surface area (Å²) in [5.41, 5.74) is 7.91. The Bertz CT molecular complexity index is 516. The van der Waals surface area contributed by atoms with Crippen LogP contribution in [0, 0.1) is 0 Å². The fourth-order valence-electron chi connectivity index (χ4n) is 2.15. The number of nitrogens with two attached hydrogens (primary N) is 1. The Morgan fingerprint density at radius 3 is 2.65 bits per heavy atom. The molecular formula is C16H21N3O. The summed E-state index contributed by atoms with van der Waals surface area (Å²) >= 11 is 0. The van der Waals surface area contributed by atoms with Crippen LogP contribution in [0.5, 0.6) is 5.88 Å². The standard InChI is InChI=1S/C16H21N3O/c1-20-16-14(7-5-11-18-16)13-19(12-6-10-17)15-8-3-2-4-9-15/h2-5,7-9,11H,6,10,12-13,17H2,1H3. The second-order valence-corrected chi connectivity index (χ2v) is 4.57. The molecule has 0 aliphatic carbocycles. The highest BCUT2D eigenvalue weighted by atomic mass is 16.5. The average molecular weight is 271 g/mol. The Kier molecular flexibility index (Phi) is 5.38. The molecule has 2 N–H and O–H groups in total. The first kappa shape index (κ1) is 14.3. The van der Waals surface area contributed by atoms with E-state index in [2.05, 4.69) is 22.0 Å². The van der Waals surface area contributed by atoms with Crippen molar-refractivity contribution in [1.82, 2.24) is 4.98 Å². The second-order valence-electron chi connectivity index (χ2n) is 4.57. The number of ether oxygens (including phenoxy) is 1. The van der Waals surface area contributed by atoms with Crippen LogP contribution >= 0.6 is 0 Å². The molecule has 20 heavy (non-hydrogen) atoms. The number of benzene rings is 1. The monoisotopic (exact) mass is 271 g/mol. The lowest BCUT2D eigenvalue weighted by Crippen LogP contribution is -2.25. The van der Waals surface area contributed by atoms with Crippen LogP contribution in [0.15, 0.2) is 48.7 Å². The molecule has 1 heterocycles. The summed E-state index contributed by atoms with van der Waals surface area (Å²) < 4.78 is 5.32. The summed E-state index contributed by atoms with van der Waals surface area (Å²) in [6.07, 6.45) is 2.70. The fraction of sp³-hybridized carbons (Fsp3) is 0.312. The van der Waals surface area contributed by atoms with Crippen LogP contribution in [0.4, 0.5) is 5.69 Å². The van der Waals surface area contributed by atoms with Gasteiger partial charge in [-0.25, -0.2) is 4.98 Å². The van der Waals surface area contributed by atoms with Crippen molar-refractivity contribution < 1.29 is 4.74 Å². The van der Waals surface area contributed by atoms with Gasteiger partial charge in [-0.2, -0.15) is 0 Å². The maximum atomic E-state index is 5.64. The van der Waals surface area contributed by atoms with Crippen LogP contribution in [-0.4, -0.2) is 25.2 Å². The van der Waals surface area contributed by atoms with E-state index in [-0.39, 0.29) is 0 Å². The van der Waals surface area contributed by atoms with Crippen LogP contribution in [0.25, 0.3) is 0 Å². The largest absolute Gasteiger partial charge is 0.481 e. The predicted molar refractivity (Wildman–Crippen MR) is 82.0 cm³/mol. The van der Waals surface area contributed by atoms with Gasteiger partial charge >= 0.3 is 0 Å². The number of anilines is 1. The number of pyridine rings is 1. The van der Waals surface area contributed by atoms with Crippen LogP contribution in [0.1, 0.15) is 12.0 Å². The number of rotatable bonds is 7. The molecule has 0 amide bonds. The van der Waals surface area contributed by atoms with Gasteiger partial charge in [-0.15, -0.1) is 0 Å². The highest BCUT2D eigenvalue weighted by Crippen LogP contribution is 2.21. The summed E-state index contributed by atoms with van der Waals surface area (Å²) in [6, 6.07) is 14.3. The summed E-state index contributed by atoms with van der Waals surface area (Å²) in [4.78, 5) is 6.55. The third-order valence-electron chi connectivity index (χ3n) is 3.16. The summed E-state index contributed by atoms with van der Waals surface area (Å²) in [5.74, 6) is 0.682. The van der Waals surface area contributed by atoms with Gasteiger partial charge in [0.15, 0.2) is 0 Å². The Morgan fingerprint density at radius 2 is 1.95 bits per heavy atom. The number of methoxy groups -OCH3 is 1. The van der Waals surface area contributed by atoms with Gasteiger partial charge in [0.1, 0.15) is 0 Å². The molecule has 0 aliphatic heterocycles. The Labute approximate surface area is 120 Å². The number of aromatic nitrogens is 1. The molecule has 1 aromatic heterocycles. The van der Waals surface area contributed by atoms with E-state index in [4.69, 9.17) is 10.5 Å².